The molecule has 1 saturated heterocycles. The maximum absolute atomic E-state index is 12.6. The van der Waals surface area contributed by atoms with E-state index in [-0.39, 0.29) is 41.0 Å². The number of sulfone groups is 1. The number of carbonyl (C=O) groups excluding carboxylic acids is 1. The molecular formula is C17H21ClN2O4S. The average Bonchev–Trinajstić information content (AvgIpc) is 2.90. The SMILES string of the molecule is CC(C)CN(C(=O)COc1ccc(C#N)cc1Cl)[C@@H]1CCS(=O)(=O)C1. The lowest BCUT2D eigenvalue weighted by atomic mass is 10.1. The van der Waals surface area contributed by atoms with Gasteiger partial charge in [-0.3, -0.25) is 4.79 Å². The molecule has 0 aromatic heterocycles. The standard InChI is InChI=1S/C17H21ClN2O4S/c1-12(2)9-20(14-5-6-25(22,23)11-14)17(21)10-24-16-4-3-13(8-19)7-15(16)18/h3-4,7,12,14H,5-6,9-11H2,1-2H3/t14-/m1/s1. The Labute approximate surface area is 153 Å². The van der Waals surface area contributed by atoms with Crippen molar-refractivity contribution in [1.82, 2.24) is 4.90 Å². The molecule has 1 aliphatic rings. The maximum atomic E-state index is 12.6. The summed E-state index contributed by atoms with van der Waals surface area (Å²) in [7, 11) is -3.08. The van der Waals surface area contributed by atoms with Crippen molar-refractivity contribution in [2.75, 3.05) is 24.7 Å². The number of benzene rings is 1. The molecule has 1 amide bonds. The van der Waals surface area contributed by atoms with Crippen LogP contribution in [0.15, 0.2) is 18.2 Å². The number of hydrogen-bond donors (Lipinski definition) is 0. The van der Waals surface area contributed by atoms with E-state index in [9.17, 15) is 13.2 Å². The van der Waals surface area contributed by atoms with E-state index < -0.39 is 9.84 Å². The number of hydrogen-bond acceptors (Lipinski definition) is 5. The molecule has 1 atom stereocenters. The normalized spacial score (nSPS) is 18.8. The van der Waals surface area contributed by atoms with Gasteiger partial charge >= 0.3 is 0 Å². The summed E-state index contributed by atoms with van der Waals surface area (Å²) in [6.45, 7) is 4.20. The second-order valence-corrected chi connectivity index (χ2v) is 9.18. The topological polar surface area (TPSA) is 87.5 Å². The van der Waals surface area contributed by atoms with Crippen LogP contribution in [0.1, 0.15) is 25.8 Å². The molecule has 1 aromatic rings. The number of ether oxygens (including phenoxy) is 1. The molecule has 2 rings (SSSR count). The molecule has 0 bridgehead atoms. The Kier molecular flexibility index (Phi) is 6.31. The minimum atomic E-state index is -3.08. The number of nitriles is 1. The molecule has 0 unspecified atom stereocenters. The molecule has 25 heavy (non-hydrogen) atoms. The van der Waals surface area contributed by atoms with Gasteiger partial charge in [0.15, 0.2) is 16.4 Å². The van der Waals surface area contributed by atoms with Crippen LogP contribution >= 0.6 is 11.6 Å². The molecule has 1 aliphatic heterocycles. The van der Waals surface area contributed by atoms with E-state index in [0.717, 1.165) is 0 Å². The Morgan fingerprint density at radius 2 is 2.20 bits per heavy atom. The molecule has 0 saturated carbocycles. The molecule has 0 aliphatic carbocycles. The molecule has 8 heteroatoms. The number of amides is 1. The Hall–Kier alpha value is -1.78. The second-order valence-electron chi connectivity index (χ2n) is 6.54. The summed E-state index contributed by atoms with van der Waals surface area (Å²) in [6, 6.07) is 6.24. The van der Waals surface area contributed by atoms with Crippen molar-refractivity contribution in [3.05, 3.63) is 28.8 Å². The van der Waals surface area contributed by atoms with Gasteiger partial charge in [-0.15, -0.1) is 0 Å². The van der Waals surface area contributed by atoms with Crippen LogP contribution in [0.5, 0.6) is 5.75 Å². The fourth-order valence-electron chi connectivity index (χ4n) is 2.78. The predicted octanol–water partition coefficient (Wildman–Crippen LogP) is 2.26. The molecule has 1 heterocycles. The first-order chi connectivity index (χ1) is 11.7. The minimum Gasteiger partial charge on any atom is -0.482 e. The van der Waals surface area contributed by atoms with Gasteiger partial charge in [0.2, 0.25) is 0 Å². The molecule has 136 valence electrons. The van der Waals surface area contributed by atoms with Gasteiger partial charge in [0.05, 0.1) is 28.2 Å². The summed E-state index contributed by atoms with van der Waals surface area (Å²) in [5.41, 5.74) is 0.404. The zero-order valence-corrected chi connectivity index (χ0v) is 15.8. The smallest absolute Gasteiger partial charge is 0.260 e. The van der Waals surface area contributed by atoms with E-state index in [0.29, 0.717) is 24.3 Å². The first-order valence-electron chi connectivity index (χ1n) is 8.04. The van der Waals surface area contributed by atoms with Crippen molar-refractivity contribution in [2.24, 2.45) is 5.92 Å². The zero-order valence-electron chi connectivity index (χ0n) is 14.2. The third kappa shape index (κ3) is 5.35. The third-order valence-electron chi connectivity index (χ3n) is 3.94. The van der Waals surface area contributed by atoms with Crippen LogP contribution in [0.2, 0.25) is 5.02 Å². The largest absolute Gasteiger partial charge is 0.482 e. The van der Waals surface area contributed by atoms with E-state index >= 15 is 0 Å². The highest BCUT2D eigenvalue weighted by Gasteiger charge is 2.35. The zero-order chi connectivity index (χ0) is 18.6. The Morgan fingerprint density at radius 3 is 2.72 bits per heavy atom. The van der Waals surface area contributed by atoms with Crippen LogP contribution in [-0.4, -0.2) is 49.9 Å². The summed E-state index contributed by atoms with van der Waals surface area (Å²) >= 11 is 6.04. The van der Waals surface area contributed by atoms with Gasteiger partial charge in [0.25, 0.3) is 5.91 Å². The van der Waals surface area contributed by atoms with Crippen LogP contribution in [0.3, 0.4) is 0 Å². The van der Waals surface area contributed by atoms with Crippen molar-refractivity contribution in [2.45, 2.75) is 26.3 Å². The molecule has 1 aromatic carbocycles. The number of rotatable bonds is 6. The lowest BCUT2D eigenvalue weighted by molar-refractivity contribution is -0.135. The quantitative estimate of drug-likeness (QED) is 0.750. The minimum absolute atomic E-state index is 0.00306. The Balaban J connectivity index is 2.06. The van der Waals surface area contributed by atoms with Gasteiger partial charge in [-0.2, -0.15) is 5.26 Å². The summed E-state index contributed by atoms with van der Waals surface area (Å²) in [5, 5.41) is 9.09. The van der Waals surface area contributed by atoms with Gasteiger partial charge in [0.1, 0.15) is 5.75 Å². The highest BCUT2D eigenvalue weighted by atomic mass is 35.5. The maximum Gasteiger partial charge on any atom is 0.260 e. The predicted molar refractivity (Wildman–Crippen MR) is 95.3 cm³/mol. The van der Waals surface area contributed by atoms with Crippen molar-refractivity contribution in [1.29, 1.82) is 5.26 Å². The highest BCUT2D eigenvalue weighted by Crippen LogP contribution is 2.26. The first-order valence-corrected chi connectivity index (χ1v) is 10.2. The van der Waals surface area contributed by atoms with E-state index in [2.05, 4.69) is 0 Å². The lowest BCUT2D eigenvalue weighted by Gasteiger charge is -2.30. The van der Waals surface area contributed by atoms with Crippen molar-refractivity contribution < 1.29 is 17.9 Å². The summed E-state index contributed by atoms with van der Waals surface area (Å²) in [5.74, 6) is 0.379. The van der Waals surface area contributed by atoms with Crippen molar-refractivity contribution >= 4 is 27.3 Å². The summed E-state index contributed by atoms with van der Waals surface area (Å²) < 4.78 is 28.9. The van der Waals surface area contributed by atoms with E-state index in [1.165, 1.54) is 6.07 Å². The van der Waals surface area contributed by atoms with Crippen LogP contribution in [0.4, 0.5) is 0 Å². The average molecular weight is 385 g/mol. The van der Waals surface area contributed by atoms with Crippen LogP contribution in [0.25, 0.3) is 0 Å². The van der Waals surface area contributed by atoms with Gasteiger partial charge in [-0.1, -0.05) is 25.4 Å². The fourth-order valence-corrected chi connectivity index (χ4v) is 4.74. The Bertz CT molecular complexity index is 786. The number of halogens is 1. The van der Waals surface area contributed by atoms with Crippen LogP contribution in [0, 0.1) is 17.2 Å². The summed E-state index contributed by atoms with van der Waals surface area (Å²) in [4.78, 5) is 14.2. The molecule has 0 radical (unpaired) electrons. The van der Waals surface area contributed by atoms with Crippen molar-refractivity contribution in [3.63, 3.8) is 0 Å². The van der Waals surface area contributed by atoms with E-state index in [1.54, 1.807) is 17.0 Å². The Morgan fingerprint density at radius 1 is 1.48 bits per heavy atom. The summed E-state index contributed by atoms with van der Waals surface area (Å²) in [6.07, 6.45) is 0.457. The van der Waals surface area contributed by atoms with Crippen molar-refractivity contribution in [3.8, 4) is 11.8 Å². The highest BCUT2D eigenvalue weighted by molar-refractivity contribution is 7.91. The molecule has 0 spiro atoms. The van der Waals surface area contributed by atoms with Gasteiger partial charge in [-0.05, 0) is 30.5 Å². The van der Waals surface area contributed by atoms with Gasteiger partial charge in [-0.25, -0.2) is 8.42 Å². The van der Waals surface area contributed by atoms with Crippen LogP contribution < -0.4 is 4.74 Å². The molecule has 0 N–H and O–H groups in total. The second kappa shape index (κ2) is 8.07. The third-order valence-corrected chi connectivity index (χ3v) is 5.99. The molecule has 1 fully saturated rings. The fraction of sp³-hybridized carbons (Fsp3) is 0.529. The van der Waals surface area contributed by atoms with Crippen LogP contribution in [-0.2, 0) is 14.6 Å². The van der Waals surface area contributed by atoms with Gasteiger partial charge < -0.3 is 9.64 Å². The molecular weight excluding hydrogens is 364 g/mol. The monoisotopic (exact) mass is 384 g/mol. The van der Waals surface area contributed by atoms with Gasteiger partial charge in [0, 0.05) is 12.6 Å². The first kappa shape index (κ1) is 19.5. The lowest BCUT2D eigenvalue weighted by Crippen LogP contribution is -2.45. The van der Waals surface area contributed by atoms with E-state index in [4.69, 9.17) is 21.6 Å². The number of nitrogens with zero attached hydrogens (tertiary/aromatic N) is 2. The molecule has 6 nitrogen and oxygen atoms in total. The number of carbonyl (C=O) groups is 1. The van der Waals surface area contributed by atoms with E-state index in [1.807, 2.05) is 19.9 Å².